The number of hydrogen-bond donors (Lipinski definition) is 2. The third-order valence-corrected chi connectivity index (χ3v) is 5.11. The molecule has 1 aliphatic carbocycles. The van der Waals surface area contributed by atoms with Crippen LogP contribution < -0.4 is 10.2 Å². The van der Waals surface area contributed by atoms with Gasteiger partial charge in [-0.1, -0.05) is 13.8 Å². The third kappa shape index (κ3) is 2.48. The van der Waals surface area contributed by atoms with Crippen LogP contribution in [-0.4, -0.2) is 17.3 Å². The Labute approximate surface area is 132 Å². The van der Waals surface area contributed by atoms with Crippen molar-refractivity contribution in [2.75, 3.05) is 6.61 Å². The van der Waals surface area contributed by atoms with Gasteiger partial charge >= 0.3 is 0 Å². The first-order valence-corrected chi connectivity index (χ1v) is 8.58. The lowest BCUT2D eigenvalue weighted by molar-refractivity contribution is -0.0670. The van der Waals surface area contributed by atoms with Crippen LogP contribution in [-0.2, 0) is 17.7 Å². The standard InChI is InChI=1S/C18H27NO3/c1-4-12-10-15-16(13(5-2)17(12)20)14(19-21-6-3)11-18(22-15)8-7-9-18/h10,14,19-20H,4-9,11H2,1-3H3. The van der Waals surface area contributed by atoms with Crippen molar-refractivity contribution < 1.29 is 14.7 Å². The molecule has 4 heteroatoms. The van der Waals surface area contributed by atoms with Crippen LogP contribution in [0.1, 0.15) is 69.2 Å². The molecule has 1 fully saturated rings. The molecule has 0 amide bonds. The minimum atomic E-state index is -0.0330. The van der Waals surface area contributed by atoms with E-state index in [4.69, 9.17) is 9.57 Å². The maximum absolute atomic E-state index is 10.6. The Morgan fingerprint density at radius 1 is 1.32 bits per heavy atom. The van der Waals surface area contributed by atoms with Gasteiger partial charge in [0.25, 0.3) is 0 Å². The summed E-state index contributed by atoms with van der Waals surface area (Å²) in [5, 5.41) is 10.6. The van der Waals surface area contributed by atoms with Crippen LogP contribution in [0, 0.1) is 0 Å². The first kappa shape index (κ1) is 15.6. The Kier molecular flexibility index (Phi) is 4.33. The Morgan fingerprint density at radius 3 is 2.64 bits per heavy atom. The van der Waals surface area contributed by atoms with Gasteiger partial charge in [-0.05, 0) is 50.7 Å². The zero-order chi connectivity index (χ0) is 15.7. The predicted octanol–water partition coefficient (Wildman–Crippen LogP) is 3.80. The highest BCUT2D eigenvalue weighted by atomic mass is 16.6. The fraction of sp³-hybridized carbons (Fsp3) is 0.667. The quantitative estimate of drug-likeness (QED) is 0.812. The van der Waals surface area contributed by atoms with Crippen LogP contribution in [0.25, 0.3) is 0 Å². The van der Waals surface area contributed by atoms with Crippen LogP contribution in [0.5, 0.6) is 11.5 Å². The second-order valence-electron chi connectivity index (χ2n) is 6.43. The minimum Gasteiger partial charge on any atom is -0.507 e. The molecule has 1 atom stereocenters. The Bertz CT molecular complexity index is 552. The molecule has 0 saturated heterocycles. The van der Waals surface area contributed by atoms with Crippen molar-refractivity contribution in [3.63, 3.8) is 0 Å². The summed E-state index contributed by atoms with van der Waals surface area (Å²) in [6, 6.07) is 2.12. The van der Waals surface area contributed by atoms with Crippen LogP contribution >= 0.6 is 0 Å². The number of benzene rings is 1. The van der Waals surface area contributed by atoms with E-state index in [1.165, 1.54) is 6.42 Å². The molecule has 22 heavy (non-hydrogen) atoms. The van der Waals surface area contributed by atoms with Gasteiger partial charge in [0.1, 0.15) is 17.1 Å². The van der Waals surface area contributed by atoms with E-state index in [9.17, 15) is 5.11 Å². The predicted molar refractivity (Wildman–Crippen MR) is 86.2 cm³/mol. The van der Waals surface area contributed by atoms with E-state index in [-0.39, 0.29) is 11.6 Å². The highest BCUT2D eigenvalue weighted by Gasteiger charge is 2.46. The van der Waals surface area contributed by atoms with Crippen molar-refractivity contribution in [1.82, 2.24) is 5.48 Å². The minimum absolute atomic E-state index is 0.0330. The average molecular weight is 305 g/mol. The molecule has 1 aromatic carbocycles. The number of ether oxygens (including phenoxy) is 1. The third-order valence-electron chi connectivity index (χ3n) is 5.11. The van der Waals surface area contributed by atoms with E-state index < -0.39 is 0 Å². The summed E-state index contributed by atoms with van der Waals surface area (Å²) in [6.45, 7) is 6.75. The highest BCUT2D eigenvalue weighted by molar-refractivity contribution is 5.55. The fourth-order valence-corrected chi connectivity index (χ4v) is 3.78. The van der Waals surface area contributed by atoms with Gasteiger partial charge in [-0.3, -0.25) is 0 Å². The summed E-state index contributed by atoms with van der Waals surface area (Å²) in [4.78, 5) is 5.50. The first-order valence-electron chi connectivity index (χ1n) is 8.58. The molecule has 1 aliphatic heterocycles. The highest BCUT2D eigenvalue weighted by Crippen LogP contribution is 2.51. The number of hydroxylamine groups is 1. The molecule has 2 N–H and O–H groups in total. The Balaban J connectivity index is 2.06. The zero-order valence-corrected chi connectivity index (χ0v) is 13.9. The van der Waals surface area contributed by atoms with Crippen molar-refractivity contribution in [1.29, 1.82) is 0 Å². The number of rotatable bonds is 5. The first-order chi connectivity index (χ1) is 10.6. The van der Waals surface area contributed by atoms with Crippen molar-refractivity contribution in [2.24, 2.45) is 0 Å². The summed E-state index contributed by atoms with van der Waals surface area (Å²) in [5.41, 5.74) is 6.23. The number of phenolic OH excluding ortho intramolecular Hbond substituents is 1. The molecule has 3 rings (SSSR count). The van der Waals surface area contributed by atoms with Crippen LogP contribution in [0.15, 0.2) is 6.07 Å². The van der Waals surface area contributed by atoms with Crippen LogP contribution in [0.4, 0.5) is 0 Å². The number of fused-ring (bicyclic) bond motifs is 1. The molecule has 0 aromatic heterocycles. The largest absolute Gasteiger partial charge is 0.507 e. The number of phenols is 1. The van der Waals surface area contributed by atoms with E-state index in [0.29, 0.717) is 12.4 Å². The normalized spacial score (nSPS) is 22.0. The second kappa shape index (κ2) is 6.09. The average Bonchev–Trinajstić information content (AvgIpc) is 2.50. The maximum atomic E-state index is 10.6. The van der Waals surface area contributed by atoms with Gasteiger partial charge in [0, 0.05) is 17.5 Å². The zero-order valence-electron chi connectivity index (χ0n) is 13.9. The number of hydrogen-bond acceptors (Lipinski definition) is 4. The lowest BCUT2D eigenvalue weighted by Crippen LogP contribution is -2.49. The molecular formula is C18H27NO3. The van der Waals surface area contributed by atoms with Crippen LogP contribution in [0.3, 0.4) is 0 Å². The van der Waals surface area contributed by atoms with Crippen molar-refractivity contribution in [3.8, 4) is 11.5 Å². The van der Waals surface area contributed by atoms with E-state index in [2.05, 4.69) is 19.3 Å². The fourth-order valence-electron chi connectivity index (χ4n) is 3.78. The molecule has 0 bridgehead atoms. The Hall–Kier alpha value is -1.26. The van der Waals surface area contributed by atoms with Gasteiger partial charge in [-0.2, -0.15) is 5.48 Å². The topological polar surface area (TPSA) is 50.7 Å². The lowest BCUT2D eigenvalue weighted by Gasteiger charge is -2.48. The van der Waals surface area contributed by atoms with E-state index >= 15 is 0 Å². The molecular weight excluding hydrogens is 278 g/mol. The SMILES string of the molecule is CCONC1CC2(CCC2)Oc2cc(CC)c(O)c(CC)c21. The van der Waals surface area contributed by atoms with E-state index in [1.54, 1.807) is 0 Å². The van der Waals surface area contributed by atoms with Gasteiger partial charge in [-0.15, -0.1) is 0 Å². The summed E-state index contributed by atoms with van der Waals surface area (Å²) in [6.07, 6.45) is 5.98. The summed E-state index contributed by atoms with van der Waals surface area (Å²) in [5.74, 6) is 1.37. The van der Waals surface area contributed by atoms with Crippen molar-refractivity contribution in [2.45, 2.75) is 70.9 Å². The maximum Gasteiger partial charge on any atom is 0.125 e. The van der Waals surface area contributed by atoms with Gasteiger partial charge < -0.3 is 14.7 Å². The van der Waals surface area contributed by atoms with Gasteiger partial charge in [0.15, 0.2) is 0 Å². The summed E-state index contributed by atoms with van der Waals surface area (Å²) < 4.78 is 6.40. The smallest absolute Gasteiger partial charge is 0.125 e. The second-order valence-corrected chi connectivity index (χ2v) is 6.43. The van der Waals surface area contributed by atoms with Gasteiger partial charge in [0.05, 0.1) is 12.6 Å². The molecule has 1 aromatic rings. The van der Waals surface area contributed by atoms with Gasteiger partial charge in [-0.25, -0.2) is 0 Å². The summed E-state index contributed by atoms with van der Waals surface area (Å²) >= 11 is 0. The van der Waals surface area contributed by atoms with E-state index in [0.717, 1.165) is 54.5 Å². The number of aromatic hydroxyl groups is 1. The summed E-state index contributed by atoms with van der Waals surface area (Å²) in [7, 11) is 0. The molecule has 1 unspecified atom stereocenters. The lowest BCUT2D eigenvalue weighted by atomic mass is 9.72. The molecule has 1 spiro atoms. The monoisotopic (exact) mass is 305 g/mol. The molecule has 0 radical (unpaired) electrons. The molecule has 122 valence electrons. The van der Waals surface area contributed by atoms with E-state index in [1.807, 2.05) is 13.0 Å². The molecule has 1 saturated carbocycles. The van der Waals surface area contributed by atoms with Crippen molar-refractivity contribution in [3.05, 3.63) is 22.8 Å². The van der Waals surface area contributed by atoms with Crippen molar-refractivity contribution >= 4 is 0 Å². The van der Waals surface area contributed by atoms with Crippen LogP contribution in [0.2, 0.25) is 0 Å². The number of aryl methyl sites for hydroxylation is 1. The Morgan fingerprint density at radius 2 is 2.09 bits per heavy atom. The molecule has 4 nitrogen and oxygen atoms in total. The number of nitrogens with one attached hydrogen (secondary N) is 1. The molecule has 1 heterocycles. The van der Waals surface area contributed by atoms with Gasteiger partial charge in [0.2, 0.25) is 0 Å². The molecule has 2 aliphatic rings.